The lowest BCUT2D eigenvalue weighted by molar-refractivity contribution is 0.340. The molecule has 1 aromatic heterocycles. The van der Waals surface area contributed by atoms with Crippen molar-refractivity contribution in [1.82, 2.24) is 9.66 Å². The summed E-state index contributed by atoms with van der Waals surface area (Å²) in [5.74, 6) is 1.40. The highest BCUT2D eigenvalue weighted by Gasteiger charge is 2.09. The van der Waals surface area contributed by atoms with Gasteiger partial charge in [0.1, 0.15) is 11.6 Å². The number of ether oxygens (including phenoxy) is 1. The first-order valence-electron chi connectivity index (χ1n) is 8.10. The summed E-state index contributed by atoms with van der Waals surface area (Å²) in [6.07, 6.45) is 2.26. The van der Waals surface area contributed by atoms with Gasteiger partial charge in [0.05, 0.1) is 23.7 Å². The Hall–Kier alpha value is -2.47. The Bertz CT molecular complexity index is 996. The third-order valence-corrected chi connectivity index (χ3v) is 4.18. The molecule has 3 aromatic rings. The molecule has 0 unspecified atom stereocenters. The average Bonchev–Trinajstić information content (AvgIpc) is 2.62. The van der Waals surface area contributed by atoms with Gasteiger partial charge in [0.2, 0.25) is 0 Å². The summed E-state index contributed by atoms with van der Waals surface area (Å²) in [4.78, 5) is 17.4. The highest BCUT2D eigenvalue weighted by molar-refractivity contribution is 9.10. The monoisotopic (exact) mass is 399 g/mol. The van der Waals surface area contributed by atoms with E-state index in [2.05, 4.69) is 26.0 Å². The standard InChI is InChI=1S/C19H18BrN3O2/c1-3-18-22-17-9-8-14(20)11-16(17)19(24)23(18)21-12-13-6-5-7-15(10-13)25-4-2/h5-12H,3-4H2,1-2H3. The molecule has 0 aliphatic rings. The van der Waals surface area contributed by atoms with Crippen LogP contribution < -0.4 is 10.3 Å². The van der Waals surface area contributed by atoms with E-state index in [1.807, 2.05) is 50.2 Å². The topological polar surface area (TPSA) is 56.5 Å². The molecule has 0 saturated carbocycles. The smallest absolute Gasteiger partial charge is 0.282 e. The van der Waals surface area contributed by atoms with Crippen molar-refractivity contribution >= 4 is 33.0 Å². The molecular formula is C19H18BrN3O2. The van der Waals surface area contributed by atoms with Gasteiger partial charge in [-0.25, -0.2) is 4.98 Å². The summed E-state index contributed by atoms with van der Waals surface area (Å²) in [5.41, 5.74) is 1.35. The number of benzene rings is 2. The van der Waals surface area contributed by atoms with Crippen LogP contribution in [0.4, 0.5) is 0 Å². The van der Waals surface area contributed by atoms with E-state index in [9.17, 15) is 4.79 Å². The lowest BCUT2D eigenvalue weighted by Crippen LogP contribution is -2.22. The van der Waals surface area contributed by atoms with Crippen LogP contribution in [0.2, 0.25) is 0 Å². The number of aryl methyl sites for hydroxylation is 1. The maximum absolute atomic E-state index is 12.8. The van der Waals surface area contributed by atoms with E-state index in [0.29, 0.717) is 29.8 Å². The third-order valence-electron chi connectivity index (χ3n) is 3.68. The number of hydrogen-bond acceptors (Lipinski definition) is 4. The van der Waals surface area contributed by atoms with Crippen molar-refractivity contribution in [2.24, 2.45) is 5.10 Å². The average molecular weight is 400 g/mol. The maximum Gasteiger partial charge on any atom is 0.282 e. The fourth-order valence-corrected chi connectivity index (χ4v) is 2.88. The first-order valence-corrected chi connectivity index (χ1v) is 8.90. The summed E-state index contributed by atoms with van der Waals surface area (Å²) < 4.78 is 7.69. The fourth-order valence-electron chi connectivity index (χ4n) is 2.52. The normalized spacial score (nSPS) is 11.3. The molecule has 0 amide bonds. The zero-order chi connectivity index (χ0) is 17.8. The molecule has 0 fully saturated rings. The first-order chi connectivity index (χ1) is 12.1. The molecule has 0 bridgehead atoms. The van der Waals surface area contributed by atoms with Crippen LogP contribution in [0.15, 0.2) is 56.8 Å². The summed E-state index contributed by atoms with van der Waals surface area (Å²) in [7, 11) is 0. The molecule has 2 aromatic carbocycles. The summed E-state index contributed by atoms with van der Waals surface area (Å²) >= 11 is 3.40. The minimum Gasteiger partial charge on any atom is -0.494 e. The number of nitrogens with zero attached hydrogens (tertiary/aromatic N) is 3. The predicted octanol–water partition coefficient (Wildman–Crippen LogP) is 4.00. The predicted molar refractivity (Wildman–Crippen MR) is 104 cm³/mol. The van der Waals surface area contributed by atoms with Crippen LogP contribution in [0, 0.1) is 0 Å². The molecular weight excluding hydrogens is 382 g/mol. The molecule has 0 aliphatic carbocycles. The zero-order valence-corrected chi connectivity index (χ0v) is 15.7. The number of hydrogen-bond donors (Lipinski definition) is 0. The van der Waals surface area contributed by atoms with Crippen LogP contribution in [-0.2, 0) is 6.42 Å². The summed E-state index contributed by atoms with van der Waals surface area (Å²) in [6.45, 7) is 4.49. The molecule has 0 radical (unpaired) electrons. The van der Waals surface area contributed by atoms with Gasteiger partial charge in [0.25, 0.3) is 5.56 Å². The molecule has 3 rings (SSSR count). The van der Waals surface area contributed by atoms with Crippen molar-refractivity contribution < 1.29 is 4.74 Å². The van der Waals surface area contributed by atoms with E-state index in [0.717, 1.165) is 15.8 Å². The molecule has 0 saturated heterocycles. The van der Waals surface area contributed by atoms with Gasteiger partial charge in [0.15, 0.2) is 0 Å². The van der Waals surface area contributed by atoms with E-state index in [4.69, 9.17) is 4.74 Å². The van der Waals surface area contributed by atoms with E-state index < -0.39 is 0 Å². The highest BCUT2D eigenvalue weighted by atomic mass is 79.9. The van der Waals surface area contributed by atoms with Crippen LogP contribution in [0.1, 0.15) is 25.2 Å². The van der Waals surface area contributed by atoms with Gasteiger partial charge >= 0.3 is 0 Å². The number of fused-ring (bicyclic) bond motifs is 1. The van der Waals surface area contributed by atoms with Crippen LogP contribution in [0.3, 0.4) is 0 Å². The Morgan fingerprint density at radius 3 is 2.84 bits per heavy atom. The molecule has 0 spiro atoms. The highest BCUT2D eigenvalue weighted by Crippen LogP contribution is 2.16. The van der Waals surface area contributed by atoms with Gasteiger partial charge in [0, 0.05) is 10.9 Å². The van der Waals surface area contributed by atoms with Gasteiger partial charge in [-0.2, -0.15) is 9.78 Å². The molecule has 5 nitrogen and oxygen atoms in total. The molecule has 0 N–H and O–H groups in total. The minimum absolute atomic E-state index is 0.180. The van der Waals surface area contributed by atoms with E-state index in [1.165, 1.54) is 4.68 Å². The molecule has 0 atom stereocenters. The number of rotatable bonds is 5. The molecule has 0 aliphatic heterocycles. The number of aromatic nitrogens is 2. The zero-order valence-electron chi connectivity index (χ0n) is 14.1. The fraction of sp³-hybridized carbons (Fsp3) is 0.211. The molecule has 1 heterocycles. The molecule has 128 valence electrons. The van der Waals surface area contributed by atoms with Crippen LogP contribution in [0.25, 0.3) is 10.9 Å². The van der Waals surface area contributed by atoms with Crippen LogP contribution in [0.5, 0.6) is 5.75 Å². The quantitative estimate of drug-likeness (QED) is 0.609. The number of halogens is 1. The minimum atomic E-state index is -0.180. The van der Waals surface area contributed by atoms with Gasteiger partial charge in [-0.05, 0) is 42.8 Å². The summed E-state index contributed by atoms with van der Waals surface area (Å²) in [6, 6.07) is 13.1. The van der Waals surface area contributed by atoms with Gasteiger partial charge in [-0.1, -0.05) is 35.0 Å². The van der Waals surface area contributed by atoms with Crippen LogP contribution in [-0.4, -0.2) is 22.5 Å². The lowest BCUT2D eigenvalue weighted by atomic mass is 10.2. The van der Waals surface area contributed by atoms with E-state index >= 15 is 0 Å². The third kappa shape index (κ3) is 3.79. The van der Waals surface area contributed by atoms with Crippen molar-refractivity contribution in [3.05, 3.63) is 68.7 Å². The second-order valence-corrected chi connectivity index (χ2v) is 6.33. The largest absolute Gasteiger partial charge is 0.494 e. The van der Waals surface area contributed by atoms with Crippen molar-refractivity contribution in [3.8, 4) is 5.75 Å². The van der Waals surface area contributed by atoms with Gasteiger partial charge < -0.3 is 4.74 Å². The van der Waals surface area contributed by atoms with Crippen LogP contribution >= 0.6 is 15.9 Å². The first kappa shape index (κ1) is 17.4. The second kappa shape index (κ2) is 7.61. The SMILES string of the molecule is CCOc1cccc(C=Nn2c(CC)nc3ccc(Br)cc3c2=O)c1. The van der Waals surface area contributed by atoms with Crippen molar-refractivity contribution in [2.75, 3.05) is 6.61 Å². The Labute approximate surface area is 154 Å². The van der Waals surface area contributed by atoms with E-state index in [1.54, 1.807) is 12.3 Å². The van der Waals surface area contributed by atoms with Gasteiger partial charge in [-0.15, -0.1) is 0 Å². The Morgan fingerprint density at radius 1 is 1.24 bits per heavy atom. The van der Waals surface area contributed by atoms with Crippen molar-refractivity contribution in [1.29, 1.82) is 0 Å². The van der Waals surface area contributed by atoms with Crippen molar-refractivity contribution in [3.63, 3.8) is 0 Å². The molecule has 25 heavy (non-hydrogen) atoms. The Morgan fingerprint density at radius 2 is 2.08 bits per heavy atom. The Balaban J connectivity index is 2.07. The second-order valence-electron chi connectivity index (χ2n) is 5.41. The Kier molecular flexibility index (Phi) is 5.28. The van der Waals surface area contributed by atoms with Crippen molar-refractivity contribution in [2.45, 2.75) is 20.3 Å². The van der Waals surface area contributed by atoms with Gasteiger partial charge in [-0.3, -0.25) is 4.79 Å². The maximum atomic E-state index is 12.8. The lowest BCUT2D eigenvalue weighted by Gasteiger charge is -2.08. The summed E-state index contributed by atoms with van der Waals surface area (Å²) in [5, 5.41) is 4.91. The van der Waals surface area contributed by atoms with E-state index in [-0.39, 0.29) is 5.56 Å². The molecule has 6 heteroatoms.